The van der Waals surface area contributed by atoms with Crippen LogP contribution in [0.3, 0.4) is 0 Å². The van der Waals surface area contributed by atoms with Crippen molar-refractivity contribution in [3.63, 3.8) is 0 Å². The van der Waals surface area contributed by atoms with Crippen LogP contribution < -0.4 is 14.8 Å². The topological polar surface area (TPSA) is 78.3 Å². The zero-order valence-electron chi connectivity index (χ0n) is 16.1. The molecule has 1 amide bonds. The number of rotatable bonds is 8. The molecule has 0 saturated heterocycles. The fourth-order valence-electron chi connectivity index (χ4n) is 2.49. The normalized spacial score (nSPS) is 11.1. The summed E-state index contributed by atoms with van der Waals surface area (Å²) in [6.45, 7) is 8.33. The lowest BCUT2D eigenvalue weighted by molar-refractivity contribution is -0.113. The second kappa shape index (κ2) is 8.93. The highest BCUT2D eigenvalue weighted by atomic mass is 32.2. The first kappa shape index (κ1) is 20.1. The molecule has 26 heavy (non-hydrogen) atoms. The third kappa shape index (κ3) is 4.69. The monoisotopic (exact) mass is 378 g/mol. The predicted octanol–water partition coefficient (Wildman–Crippen LogP) is 3.73. The highest BCUT2D eigenvalue weighted by Crippen LogP contribution is 2.30. The van der Waals surface area contributed by atoms with E-state index in [1.165, 1.54) is 11.8 Å². The number of carbonyl (C=O) groups excluding carboxylic acids is 1. The maximum absolute atomic E-state index is 12.4. The molecule has 0 spiro atoms. The number of amides is 1. The van der Waals surface area contributed by atoms with Gasteiger partial charge in [0.2, 0.25) is 5.91 Å². The van der Waals surface area contributed by atoms with E-state index in [0.717, 1.165) is 11.0 Å². The van der Waals surface area contributed by atoms with Gasteiger partial charge in [0, 0.05) is 18.0 Å². The van der Waals surface area contributed by atoms with E-state index in [2.05, 4.69) is 47.8 Å². The maximum Gasteiger partial charge on any atom is 0.234 e. The van der Waals surface area contributed by atoms with Crippen LogP contribution in [0, 0.1) is 0 Å². The van der Waals surface area contributed by atoms with E-state index < -0.39 is 0 Å². The van der Waals surface area contributed by atoms with Gasteiger partial charge in [0.15, 0.2) is 5.16 Å². The molecule has 0 aliphatic carbocycles. The first-order valence-corrected chi connectivity index (χ1v) is 9.45. The number of nitrogens with one attached hydrogen (secondary N) is 1. The van der Waals surface area contributed by atoms with Crippen molar-refractivity contribution in [1.29, 1.82) is 0 Å². The highest BCUT2D eigenvalue weighted by molar-refractivity contribution is 7.99. The molecule has 1 heterocycles. The van der Waals surface area contributed by atoms with Crippen molar-refractivity contribution in [2.75, 3.05) is 25.3 Å². The smallest absolute Gasteiger partial charge is 0.234 e. The number of benzene rings is 1. The molecule has 8 heteroatoms. The van der Waals surface area contributed by atoms with E-state index in [1.54, 1.807) is 32.4 Å². The van der Waals surface area contributed by atoms with Crippen LogP contribution in [0.15, 0.2) is 23.4 Å². The molecule has 0 saturated carbocycles. The van der Waals surface area contributed by atoms with Gasteiger partial charge in [-0.2, -0.15) is 0 Å². The van der Waals surface area contributed by atoms with Crippen molar-refractivity contribution in [1.82, 2.24) is 14.8 Å². The Hall–Kier alpha value is -2.22. The van der Waals surface area contributed by atoms with E-state index in [1.807, 2.05) is 0 Å². The van der Waals surface area contributed by atoms with Crippen LogP contribution in [0.2, 0.25) is 0 Å². The average Bonchev–Trinajstić information content (AvgIpc) is 3.04. The molecule has 1 N–H and O–H groups in total. The fourth-order valence-corrected chi connectivity index (χ4v) is 3.37. The molecular formula is C18H26N4O3S. The number of thioether (sulfide) groups is 1. The number of methoxy groups -OCH3 is 2. The zero-order valence-corrected chi connectivity index (χ0v) is 16.9. The third-order valence-electron chi connectivity index (χ3n) is 3.74. The van der Waals surface area contributed by atoms with E-state index >= 15 is 0 Å². The van der Waals surface area contributed by atoms with Crippen molar-refractivity contribution in [2.24, 2.45) is 0 Å². The second-order valence-corrected chi connectivity index (χ2v) is 7.30. The Morgan fingerprint density at radius 2 is 1.92 bits per heavy atom. The van der Waals surface area contributed by atoms with Crippen LogP contribution in [0.25, 0.3) is 0 Å². The molecule has 0 fully saturated rings. The van der Waals surface area contributed by atoms with E-state index in [9.17, 15) is 4.79 Å². The lowest BCUT2D eigenvalue weighted by atomic mass is 10.2. The Bertz CT molecular complexity index is 759. The Balaban J connectivity index is 2.08. The van der Waals surface area contributed by atoms with Gasteiger partial charge in [0.1, 0.15) is 17.3 Å². The largest absolute Gasteiger partial charge is 0.497 e. The minimum absolute atomic E-state index is 0.147. The van der Waals surface area contributed by atoms with Crippen molar-refractivity contribution < 1.29 is 14.3 Å². The van der Waals surface area contributed by atoms with E-state index in [4.69, 9.17) is 9.47 Å². The summed E-state index contributed by atoms with van der Waals surface area (Å²) < 4.78 is 12.6. The maximum atomic E-state index is 12.4. The Morgan fingerprint density at radius 3 is 2.50 bits per heavy atom. The molecule has 1 aromatic carbocycles. The predicted molar refractivity (Wildman–Crippen MR) is 103 cm³/mol. The second-order valence-electron chi connectivity index (χ2n) is 6.36. The highest BCUT2D eigenvalue weighted by Gasteiger charge is 2.19. The van der Waals surface area contributed by atoms with Crippen LogP contribution in [0.1, 0.15) is 45.5 Å². The number of hydrogen-bond acceptors (Lipinski definition) is 6. The standard InChI is InChI=1S/C18H26N4O3S/c1-11(2)17-20-21-18(22(17)12(3)4)26-10-16(23)19-14-9-13(24-5)7-8-15(14)25-6/h7-9,11-12H,10H2,1-6H3,(H,19,23). The van der Waals surface area contributed by atoms with Crippen molar-refractivity contribution in [3.05, 3.63) is 24.0 Å². The molecule has 0 unspecified atom stereocenters. The molecule has 142 valence electrons. The SMILES string of the molecule is COc1ccc(OC)c(NC(=O)CSc2nnc(C(C)C)n2C(C)C)c1. The van der Waals surface area contributed by atoms with Crippen LogP contribution in [-0.2, 0) is 4.79 Å². The summed E-state index contributed by atoms with van der Waals surface area (Å²) in [4.78, 5) is 12.4. The quantitative estimate of drug-likeness (QED) is 0.705. The molecule has 0 atom stereocenters. The molecule has 0 bridgehead atoms. The molecular weight excluding hydrogens is 352 g/mol. The third-order valence-corrected chi connectivity index (χ3v) is 4.68. The summed E-state index contributed by atoms with van der Waals surface area (Å²) >= 11 is 1.37. The minimum atomic E-state index is -0.147. The number of nitrogens with zero attached hydrogens (tertiary/aromatic N) is 3. The van der Waals surface area contributed by atoms with Crippen LogP contribution >= 0.6 is 11.8 Å². The van der Waals surface area contributed by atoms with Crippen molar-refractivity contribution in [2.45, 2.75) is 44.8 Å². The summed E-state index contributed by atoms with van der Waals surface area (Å²) in [5.41, 5.74) is 0.575. The molecule has 0 aliphatic rings. The fraction of sp³-hybridized carbons (Fsp3) is 0.500. The molecule has 1 aromatic heterocycles. The molecule has 0 radical (unpaired) electrons. The minimum Gasteiger partial charge on any atom is -0.497 e. The number of hydrogen-bond donors (Lipinski definition) is 1. The van der Waals surface area contributed by atoms with Gasteiger partial charge < -0.3 is 19.4 Å². The average molecular weight is 378 g/mol. The Morgan fingerprint density at radius 1 is 1.19 bits per heavy atom. The molecule has 0 aliphatic heterocycles. The molecule has 2 rings (SSSR count). The summed E-state index contributed by atoms with van der Waals surface area (Å²) in [6, 6.07) is 5.49. The molecule has 7 nitrogen and oxygen atoms in total. The first-order valence-electron chi connectivity index (χ1n) is 8.46. The number of anilines is 1. The van der Waals surface area contributed by atoms with E-state index in [0.29, 0.717) is 17.2 Å². The van der Waals surface area contributed by atoms with Crippen LogP contribution in [0.5, 0.6) is 11.5 Å². The van der Waals surface area contributed by atoms with Crippen molar-refractivity contribution in [3.8, 4) is 11.5 Å². The Kier molecular flexibility index (Phi) is 6.90. The summed E-state index contributed by atoms with van der Waals surface area (Å²) in [6.07, 6.45) is 0. The number of ether oxygens (including phenoxy) is 2. The zero-order chi connectivity index (χ0) is 19.3. The van der Waals surface area contributed by atoms with Gasteiger partial charge in [-0.3, -0.25) is 4.79 Å². The lowest BCUT2D eigenvalue weighted by Gasteiger charge is -2.15. The summed E-state index contributed by atoms with van der Waals surface area (Å²) in [5.74, 6) is 2.51. The van der Waals surface area contributed by atoms with Crippen molar-refractivity contribution >= 4 is 23.4 Å². The van der Waals surface area contributed by atoms with Gasteiger partial charge in [-0.1, -0.05) is 25.6 Å². The number of carbonyl (C=O) groups is 1. The lowest BCUT2D eigenvalue weighted by Crippen LogP contribution is -2.16. The van der Waals surface area contributed by atoms with Gasteiger partial charge in [-0.05, 0) is 26.0 Å². The van der Waals surface area contributed by atoms with E-state index in [-0.39, 0.29) is 23.6 Å². The van der Waals surface area contributed by atoms with Gasteiger partial charge in [-0.15, -0.1) is 10.2 Å². The van der Waals surface area contributed by atoms with Gasteiger partial charge in [-0.25, -0.2) is 0 Å². The van der Waals surface area contributed by atoms with Gasteiger partial charge in [0.25, 0.3) is 0 Å². The summed E-state index contributed by atoms with van der Waals surface area (Å²) in [7, 11) is 3.14. The molecule has 2 aromatic rings. The summed E-state index contributed by atoms with van der Waals surface area (Å²) in [5, 5.41) is 12.1. The first-order chi connectivity index (χ1) is 12.4. The van der Waals surface area contributed by atoms with Gasteiger partial charge in [0.05, 0.1) is 25.7 Å². The Labute approximate surface area is 158 Å². The van der Waals surface area contributed by atoms with Gasteiger partial charge >= 0.3 is 0 Å². The van der Waals surface area contributed by atoms with Crippen LogP contribution in [0.4, 0.5) is 5.69 Å². The van der Waals surface area contributed by atoms with Crippen LogP contribution in [-0.4, -0.2) is 40.6 Å². The number of aromatic nitrogens is 3.